The minimum atomic E-state index is -1.00. The van der Waals surface area contributed by atoms with E-state index < -0.39 is 21.6 Å². The molecule has 0 amide bonds. The van der Waals surface area contributed by atoms with Crippen molar-refractivity contribution in [1.82, 2.24) is 0 Å². The second kappa shape index (κ2) is 5.51. The third-order valence-electron chi connectivity index (χ3n) is 4.27. The summed E-state index contributed by atoms with van der Waals surface area (Å²) in [4.78, 5) is 4.04. The Morgan fingerprint density at radius 3 is 2.24 bits per heavy atom. The molecule has 2 atom stereocenters. The zero-order chi connectivity index (χ0) is 15.2. The number of aryl methyl sites for hydroxylation is 1. The van der Waals surface area contributed by atoms with E-state index in [2.05, 4.69) is 37.8 Å². The summed E-state index contributed by atoms with van der Waals surface area (Å²) in [5, 5.41) is 0. The molecule has 116 valence electrons. The van der Waals surface area contributed by atoms with E-state index in [1.807, 2.05) is 0 Å². The molecule has 3 nitrogen and oxygen atoms in total. The lowest BCUT2D eigenvalue weighted by atomic mass is 10.0. The Hall–Kier alpha value is -0.680. The Morgan fingerprint density at radius 2 is 1.62 bits per heavy atom. The second-order valence-electron chi connectivity index (χ2n) is 6.81. The van der Waals surface area contributed by atoms with E-state index in [0.717, 1.165) is 29.2 Å². The van der Waals surface area contributed by atoms with Gasteiger partial charge in [0.2, 0.25) is 0 Å². The highest BCUT2D eigenvalue weighted by atomic mass is 32.2. The van der Waals surface area contributed by atoms with Gasteiger partial charge >= 0.3 is 0 Å². The fraction of sp³-hybridized carbons (Fsp3) is 0.625. The van der Waals surface area contributed by atoms with Crippen molar-refractivity contribution in [2.75, 3.05) is 23.0 Å². The van der Waals surface area contributed by atoms with Crippen LogP contribution in [-0.2, 0) is 28.0 Å². The van der Waals surface area contributed by atoms with Crippen LogP contribution in [-0.4, -0.2) is 32.0 Å². The molecule has 0 aromatic heterocycles. The minimum absolute atomic E-state index is 0.0443. The van der Waals surface area contributed by atoms with Crippen molar-refractivity contribution in [1.29, 1.82) is 0 Å². The average molecular weight is 325 g/mol. The zero-order valence-electron chi connectivity index (χ0n) is 13.0. The standard InChI is InChI=1S/C16H23NO2S2/c1-16(2,3)17-7-5-4-6-12-10-14-15(11-13(12)17)21(19)9-8-20(14)18/h10-11H,4-9H2,1-3H3. The topological polar surface area (TPSA) is 37.4 Å². The van der Waals surface area contributed by atoms with E-state index >= 15 is 0 Å². The van der Waals surface area contributed by atoms with Gasteiger partial charge in [0, 0.05) is 29.3 Å². The smallest absolute Gasteiger partial charge is 0.0570 e. The normalized spacial score (nSPS) is 26.0. The molecule has 0 aliphatic carbocycles. The molecule has 1 aromatic rings. The highest BCUT2D eigenvalue weighted by molar-refractivity contribution is 7.91. The molecule has 5 heteroatoms. The first kappa shape index (κ1) is 15.2. The lowest BCUT2D eigenvalue weighted by molar-refractivity contribution is 0.498. The number of nitrogens with zero attached hydrogens (tertiary/aromatic N) is 1. The van der Waals surface area contributed by atoms with Crippen LogP contribution >= 0.6 is 0 Å². The molecule has 0 saturated carbocycles. The number of fused-ring (bicyclic) bond motifs is 2. The summed E-state index contributed by atoms with van der Waals surface area (Å²) in [6.45, 7) is 7.69. The molecule has 0 bridgehead atoms. The minimum Gasteiger partial charge on any atom is -0.366 e. The first-order valence-electron chi connectivity index (χ1n) is 7.59. The van der Waals surface area contributed by atoms with Crippen molar-refractivity contribution in [3.63, 3.8) is 0 Å². The average Bonchev–Trinajstić information content (AvgIpc) is 2.63. The predicted molar refractivity (Wildman–Crippen MR) is 89.0 cm³/mol. The summed E-state index contributed by atoms with van der Waals surface area (Å²) in [6.07, 6.45) is 3.36. The molecule has 2 unspecified atom stereocenters. The maximum Gasteiger partial charge on any atom is 0.0570 e. The number of rotatable bonds is 0. The van der Waals surface area contributed by atoms with Gasteiger partial charge in [-0.25, -0.2) is 0 Å². The number of hydrogen-bond donors (Lipinski definition) is 0. The van der Waals surface area contributed by atoms with Crippen LogP contribution in [0.25, 0.3) is 0 Å². The highest BCUT2D eigenvalue weighted by Gasteiger charge is 2.29. The molecule has 3 rings (SSSR count). The zero-order valence-corrected chi connectivity index (χ0v) is 14.6. The molecule has 1 aromatic carbocycles. The van der Waals surface area contributed by atoms with Crippen LogP contribution in [0.15, 0.2) is 21.9 Å². The molecule has 21 heavy (non-hydrogen) atoms. The molecule has 2 aliphatic heterocycles. The van der Waals surface area contributed by atoms with Crippen LogP contribution in [0.5, 0.6) is 0 Å². The summed E-state index contributed by atoms with van der Waals surface area (Å²) in [7, 11) is -1.98. The lowest BCUT2D eigenvalue weighted by Crippen LogP contribution is -2.42. The quantitative estimate of drug-likeness (QED) is 0.736. The summed E-state index contributed by atoms with van der Waals surface area (Å²) < 4.78 is 24.6. The SMILES string of the molecule is CC(C)(C)N1CCCCc2cc3c(cc21)S(=O)CCS3=O. The van der Waals surface area contributed by atoms with Crippen molar-refractivity contribution in [3.8, 4) is 0 Å². The van der Waals surface area contributed by atoms with Gasteiger partial charge in [-0.2, -0.15) is 0 Å². The van der Waals surface area contributed by atoms with Gasteiger partial charge in [0.05, 0.1) is 31.4 Å². The largest absolute Gasteiger partial charge is 0.366 e. The molecule has 0 saturated heterocycles. The van der Waals surface area contributed by atoms with Gasteiger partial charge in [0.15, 0.2) is 0 Å². The van der Waals surface area contributed by atoms with Gasteiger partial charge < -0.3 is 4.90 Å². The van der Waals surface area contributed by atoms with Crippen molar-refractivity contribution < 1.29 is 8.42 Å². The first-order valence-corrected chi connectivity index (χ1v) is 10.2. The summed E-state index contributed by atoms with van der Waals surface area (Å²) in [5.74, 6) is 1.05. The molecule has 0 spiro atoms. The fourth-order valence-electron chi connectivity index (χ4n) is 3.17. The van der Waals surface area contributed by atoms with Gasteiger partial charge in [-0.1, -0.05) is 0 Å². The van der Waals surface area contributed by atoms with Crippen LogP contribution in [0.4, 0.5) is 5.69 Å². The van der Waals surface area contributed by atoms with Crippen LogP contribution < -0.4 is 4.90 Å². The van der Waals surface area contributed by atoms with E-state index in [9.17, 15) is 8.42 Å². The Bertz CT molecular complexity index is 619. The van der Waals surface area contributed by atoms with Crippen molar-refractivity contribution in [2.24, 2.45) is 0 Å². The number of anilines is 1. The Labute approximate surface area is 132 Å². The Balaban J connectivity index is 2.18. The summed E-state index contributed by atoms with van der Waals surface area (Å²) >= 11 is 0. The fourth-order valence-corrected chi connectivity index (χ4v) is 6.46. The van der Waals surface area contributed by atoms with Gasteiger partial charge in [0.1, 0.15) is 0 Å². The van der Waals surface area contributed by atoms with Crippen LogP contribution in [0, 0.1) is 0 Å². The second-order valence-corrected chi connectivity index (χ2v) is 9.88. The summed E-state index contributed by atoms with van der Waals surface area (Å²) in [6, 6.07) is 4.14. The van der Waals surface area contributed by atoms with Crippen molar-refractivity contribution in [2.45, 2.75) is 55.4 Å². The van der Waals surface area contributed by atoms with E-state index in [1.54, 1.807) is 0 Å². The molecular weight excluding hydrogens is 302 g/mol. The molecule has 2 aliphatic rings. The molecule has 0 fully saturated rings. The van der Waals surface area contributed by atoms with E-state index in [1.165, 1.54) is 17.7 Å². The maximum atomic E-state index is 12.3. The van der Waals surface area contributed by atoms with Gasteiger partial charge in [0.25, 0.3) is 0 Å². The van der Waals surface area contributed by atoms with E-state index in [-0.39, 0.29) is 5.54 Å². The number of hydrogen-bond acceptors (Lipinski definition) is 3. The van der Waals surface area contributed by atoms with Crippen LogP contribution in [0.1, 0.15) is 39.2 Å². The number of benzene rings is 1. The predicted octanol–water partition coefficient (Wildman–Crippen LogP) is 2.86. The first-order chi connectivity index (χ1) is 9.88. The maximum absolute atomic E-state index is 12.3. The van der Waals surface area contributed by atoms with Gasteiger partial charge in [-0.3, -0.25) is 8.42 Å². The van der Waals surface area contributed by atoms with E-state index in [4.69, 9.17) is 0 Å². The summed E-state index contributed by atoms with van der Waals surface area (Å²) in [5.41, 5.74) is 2.52. The third-order valence-corrected chi connectivity index (χ3v) is 7.46. The monoisotopic (exact) mass is 325 g/mol. The van der Waals surface area contributed by atoms with Gasteiger partial charge in [-0.15, -0.1) is 0 Å². The van der Waals surface area contributed by atoms with Crippen LogP contribution in [0.3, 0.4) is 0 Å². The lowest BCUT2D eigenvalue weighted by Gasteiger charge is -2.38. The highest BCUT2D eigenvalue weighted by Crippen LogP contribution is 2.37. The van der Waals surface area contributed by atoms with Gasteiger partial charge in [-0.05, 0) is 57.7 Å². The Morgan fingerprint density at radius 1 is 1.00 bits per heavy atom. The van der Waals surface area contributed by atoms with E-state index in [0.29, 0.717) is 11.5 Å². The van der Waals surface area contributed by atoms with Crippen molar-refractivity contribution in [3.05, 3.63) is 17.7 Å². The molecule has 0 N–H and O–H groups in total. The molecule has 0 radical (unpaired) electrons. The van der Waals surface area contributed by atoms with Crippen molar-refractivity contribution >= 4 is 27.3 Å². The molecule has 2 heterocycles. The van der Waals surface area contributed by atoms with Crippen LogP contribution in [0.2, 0.25) is 0 Å². The third kappa shape index (κ3) is 2.82. The molecular formula is C16H23NO2S2. The Kier molecular flexibility index (Phi) is 3.99.